The molecular weight excluding hydrogens is 417 g/mol. The Balaban J connectivity index is 1.66. The molecule has 0 bridgehead atoms. The van der Waals surface area contributed by atoms with Gasteiger partial charge in [-0.3, -0.25) is 4.90 Å². The highest BCUT2D eigenvalue weighted by molar-refractivity contribution is 5.43. The fourth-order valence-electron chi connectivity index (χ4n) is 4.00. The summed E-state index contributed by atoms with van der Waals surface area (Å²) in [6, 6.07) is 15.9. The van der Waals surface area contributed by atoms with Crippen molar-refractivity contribution in [2.45, 2.75) is 45.3 Å². The Morgan fingerprint density at radius 2 is 2.03 bits per heavy atom. The van der Waals surface area contributed by atoms with E-state index in [0.717, 1.165) is 29.9 Å². The molecule has 1 aliphatic rings. The fraction of sp³-hybridized carbons (Fsp3) is 0.370. The van der Waals surface area contributed by atoms with Crippen LogP contribution in [0.1, 0.15) is 36.9 Å². The number of rotatable bonds is 12. The van der Waals surface area contributed by atoms with Crippen LogP contribution < -0.4 is 4.74 Å². The number of aliphatic hydroxyl groups is 1. The van der Waals surface area contributed by atoms with E-state index < -0.39 is 6.10 Å². The summed E-state index contributed by atoms with van der Waals surface area (Å²) in [5, 5.41) is 15.3. The molecule has 1 fully saturated rings. The van der Waals surface area contributed by atoms with Crippen LogP contribution in [0.2, 0.25) is 0 Å². The lowest BCUT2D eigenvalue weighted by atomic mass is 10.1. The van der Waals surface area contributed by atoms with Crippen LogP contribution in [0, 0.1) is 18.7 Å². The standard InChI is InChI=1S/C27H32FN3O2/c1-3-4-12-24(32)18-30(17-21-14-15-21)19-26-20(2)29-31(23-10-6-5-7-11-23)27(26)33-25-13-8-9-22(28)16-25/h3,5-11,13,16,21,24,32H,1,4,12,14-15,17-19H2,2H3. The van der Waals surface area contributed by atoms with Gasteiger partial charge in [0, 0.05) is 25.7 Å². The number of ether oxygens (including phenoxy) is 1. The van der Waals surface area contributed by atoms with E-state index in [1.807, 2.05) is 43.3 Å². The number of hydrogen-bond acceptors (Lipinski definition) is 4. The van der Waals surface area contributed by atoms with Crippen molar-refractivity contribution < 1.29 is 14.2 Å². The summed E-state index contributed by atoms with van der Waals surface area (Å²) in [5.74, 6) is 1.32. The number of aryl methyl sites for hydroxylation is 1. The highest BCUT2D eigenvalue weighted by Crippen LogP contribution is 2.34. The van der Waals surface area contributed by atoms with E-state index in [-0.39, 0.29) is 5.82 Å². The molecule has 0 aliphatic heterocycles. The summed E-state index contributed by atoms with van der Waals surface area (Å²) in [5.41, 5.74) is 2.67. The second-order valence-corrected chi connectivity index (χ2v) is 8.83. The fourth-order valence-corrected chi connectivity index (χ4v) is 4.00. The highest BCUT2D eigenvalue weighted by atomic mass is 19.1. The third-order valence-electron chi connectivity index (χ3n) is 5.92. The van der Waals surface area contributed by atoms with Gasteiger partial charge in [-0.25, -0.2) is 9.07 Å². The van der Waals surface area contributed by atoms with Crippen LogP contribution in [0.25, 0.3) is 5.69 Å². The number of halogens is 1. The van der Waals surface area contributed by atoms with Gasteiger partial charge in [0.25, 0.3) is 0 Å². The summed E-state index contributed by atoms with van der Waals surface area (Å²) in [6.07, 6.45) is 5.37. The maximum Gasteiger partial charge on any atom is 0.227 e. The zero-order chi connectivity index (χ0) is 23.2. The molecule has 0 spiro atoms. The van der Waals surface area contributed by atoms with Gasteiger partial charge in [-0.15, -0.1) is 6.58 Å². The lowest BCUT2D eigenvalue weighted by molar-refractivity contribution is 0.0991. The molecule has 1 saturated carbocycles. The van der Waals surface area contributed by atoms with Crippen LogP contribution in [-0.4, -0.2) is 39.0 Å². The number of hydrogen-bond donors (Lipinski definition) is 1. The Morgan fingerprint density at radius 1 is 1.24 bits per heavy atom. The lowest BCUT2D eigenvalue weighted by Gasteiger charge is -2.25. The highest BCUT2D eigenvalue weighted by Gasteiger charge is 2.28. The number of aliphatic hydroxyl groups excluding tert-OH is 1. The minimum atomic E-state index is -0.418. The molecule has 1 aliphatic carbocycles. The molecule has 1 heterocycles. The van der Waals surface area contributed by atoms with E-state index in [1.54, 1.807) is 16.8 Å². The average molecular weight is 450 g/mol. The minimum absolute atomic E-state index is 0.350. The van der Waals surface area contributed by atoms with Gasteiger partial charge >= 0.3 is 0 Å². The van der Waals surface area contributed by atoms with Gasteiger partial charge in [0.2, 0.25) is 5.88 Å². The quantitative estimate of drug-likeness (QED) is 0.363. The Bertz CT molecular complexity index is 1060. The minimum Gasteiger partial charge on any atom is -0.438 e. The maximum atomic E-state index is 13.9. The van der Waals surface area contributed by atoms with Gasteiger partial charge < -0.3 is 9.84 Å². The topological polar surface area (TPSA) is 50.5 Å². The van der Waals surface area contributed by atoms with Crippen LogP contribution in [0.3, 0.4) is 0 Å². The van der Waals surface area contributed by atoms with Crippen LogP contribution in [0.4, 0.5) is 4.39 Å². The van der Waals surface area contributed by atoms with Gasteiger partial charge in [0.05, 0.1) is 23.0 Å². The summed E-state index contributed by atoms with van der Waals surface area (Å²) in [7, 11) is 0. The van der Waals surface area contributed by atoms with Gasteiger partial charge in [-0.2, -0.15) is 5.10 Å². The third-order valence-corrected chi connectivity index (χ3v) is 5.92. The zero-order valence-corrected chi connectivity index (χ0v) is 19.2. The molecule has 1 aromatic heterocycles. The van der Waals surface area contributed by atoms with E-state index in [0.29, 0.717) is 37.1 Å². The Kier molecular flexibility index (Phi) is 7.57. The molecule has 174 valence electrons. The maximum absolute atomic E-state index is 13.9. The molecule has 4 rings (SSSR count). The third kappa shape index (κ3) is 6.30. The molecule has 6 heteroatoms. The number of aromatic nitrogens is 2. The van der Waals surface area contributed by atoms with E-state index in [9.17, 15) is 9.50 Å². The van der Waals surface area contributed by atoms with Gasteiger partial charge in [-0.1, -0.05) is 30.3 Å². The predicted octanol–water partition coefficient (Wildman–Crippen LogP) is 5.65. The first-order valence-corrected chi connectivity index (χ1v) is 11.6. The normalized spacial score (nSPS) is 14.4. The van der Waals surface area contributed by atoms with E-state index in [1.165, 1.54) is 25.0 Å². The van der Waals surface area contributed by atoms with Crippen molar-refractivity contribution in [1.82, 2.24) is 14.7 Å². The van der Waals surface area contributed by atoms with E-state index in [2.05, 4.69) is 11.5 Å². The van der Waals surface area contributed by atoms with Crippen molar-refractivity contribution in [3.63, 3.8) is 0 Å². The molecule has 1 N–H and O–H groups in total. The Morgan fingerprint density at radius 3 is 2.73 bits per heavy atom. The molecule has 0 amide bonds. The van der Waals surface area contributed by atoms with E-state index >= 15 is 0 Å². The smallest absolute Gasteiger partial charge is 0.227 e. The van der Waals surface area contributed by atoms with E-state index in [4.69, 9.17) is 9.84 Å². The molecule has 3 aromatic rings. The van der Waals surface area contributed by atoms with Crippen molar-refractivity contribution in [1.29, 1.82) is 0 Å². The second-order valence-electron chi connectivity index (χ2n) is 8.83. The first-order chi connectivity index (χ1) is 16.0. The summed E-state index contributed by atoms with van der Waals surface area (Å²) < 4.78 is 21.9. The molecule has 33 heavy (non-hydrogen) atoms. The van der Waals surface area contributed by atoms with Crippen molar-refractivity contribution in [2.24, 2.45) is 5.92 Å². The number of nitrogens with zero attached hydrogens (tertiary/aromatic N) is 3. The van der Waals surface area contributed by atoms with Crippen LogP contribution >= 0.6 is 0 Å². The van der Waals surface area contributed by atoms with Gasteiger partial charge in [0.1, 0.15) is 11.6 Å². The second kappa shape index (κ2) is 10.8. The van der Waals surface area contributed by atoms with Crippen molar-refractivity contribution in [3.8, 4) is 17.3 Å². The molecule has 0 radical (unpaired) electrons. The Hall–Kier alpha value is -2.96. The number of allylic oxidation sites excluding steroid dienone is 1. The van der Waals surface area contributed by atoms with Crippen molar-refractivity contribution in [2.75, 3.05) is 13.1 Å². The van der Waals surface area contributed by atoms with Crippen LogP contribution in [-0.2, 0) is 6.54 Å². The van der Waals surface area contributed by atoms with Gasteiger partial charge in [0.15, 0.2) is 0 Å². The first-order valence-electron chi connectivity index (χ1n) is 11.6. The van der Waals surface area contributed by atoms with Crippen molar-refractivity contribution in [3.05, 3.63) is 84.3 Å². The molecule has 2 aromatic carbocycles. The average Bonchev–Trinajstić information content (AvgIpc) is 3.57. The molecule has 5 nitrogen and oxygen atoms in total. The molecule has 0 saturated heterocycles. The number of benzene rings is 2. The summed E-state index contributed by atoms with van der Waals surface area (Å²) in [6.45, 7) is 7.84. The summed E-state index contributed by atoms with van der Waals surface area (Å²) in [4.78, 5) is 2.29. The molecular formula is C27H32FN3O2. The lowest BCUT2D eigenvalue weighted by Crippen LogP contribution is -2.34. The predicted molar refractivity (Wildman–Crippen MR) is 128 cm³/mol. The summed E-state index contributed by atoms with van der Waals surface area (Å²) >= 11 is 0. The first kappa shape index (κ1) is 23.2. The zero-order valence-electron chi connectivity index (χ0n) is 19.2. The SMILES string of the molecule is C=CCCC(O)CN(Cc1c(C)nn(-c2ccccc2)c1Oc1cccc(F)c1)CC1CC1. The van der Waals surface area contributed by atoms with Crippen LogP contribution in [0.15, 0.2) is 67.3 Å². The monoisotopic (exact) mass is 449 g/mol. The molecule has 1 unspecified atom stereocenters. The number of para-hydroxylation sites is 1. The Labute approximate surface area is 195 Å². The van der Waals surface area contributed by atoms with Gasteiger partial charge in [-0.05, 0) is 62.8 Å². The molecule has 1 atom stereocenters. The van der Waals surface area contributed by atoms with Crippen LogP contribution in [0.5, 0.6) is 11.6 Å². The van der Waals surface area contributed by atoms with Crippen molar-refractivity contribution >= 4 is 0 Å². The largest absolute Gasteiger partial charge is 0.438 e.